The zero-order chi connectivity index (χ0) is 10.8. The first-order valence-electron chi connectivity index (χ1n) is 4.37. The molecule has 0 aliphatic heterocycles. The topological polar surface area (TPSA) is 45.8 Å². The van der Waals surface area contributed by atoms with E-state index in [0.29, 0.717) is 5.82 Å². The summed E-state index contributed by atoms with van der Waals surface area (Å²) in [4.78, 5) is 10.3. The highest BCUT2D eigenvalue weighted by atomic mass is 127. The Morgan fingerprint density at radius 2 is 2.27 bits per heavy atom. The van der Waals surface area contributed by atoms with Crippen molar-refractivity contribution in [2.24, 2.45) is 4.99 Å². The molecular weight excluding hydrogens is 305 g/mol. The largest absolute Gasteiger partial charge is 0.369 e. The van der Waals surface area contributed by atoms with Crippen LogP contribution in [0.4, 0.5) is 5.82 Å². The van der Waals surface area contributed by atoms with Gasteiger partial charge in [0.1, 0.15) is 15.5 Å². The summed E-state index contributed by atoms with van der Waals surface area (Å²) >= 11 is 2.22. The van der Waals surface area contributed by atoms with Gasteiger partial charge in [0.05, 0.1) is 6.34 Å². The van der Waals surface area contributed by atoms with Crippen LogP contribution in [0.15, 0.2) is 23.5 Å². The number of halogens is 1. The number of rotatable bonds is 2. The molecule has 0 saturated carbocycles. The lowest BCUT2D eigenvalue weighted by atomic mass is 10.5. The van der Waals surface area contributed by atoms with E-state index in [0.717, 1.165) is 9.22 Å². The first-order valence-corrected chi connectivity index (χ1v) is 5.45. The second-order valence-electron chi connectivity index (χ2n) is 3.24. The van der Waals surface area contributed by atoms with Crippen molar-refractivity contribution in [2.45, 2.75) is 0 Å². The van der Waals surface area contributed by atoms with Crippen molar-refractivity contribution >= 4 is 40.3 Å². The molecule has 2 aromatic heterocycles. The van der Waals surface area contributed by atoms with Gasteiger partial charge in [0, 0.05) is 14.1 Å². The highest BCUT2D eigenvalue weighted by Gasteiger charge is 2.04. The summed E-state index contributed by atoms with van der Waals surface area (Å²) in [6.07, 6.45) is 3.24. The molecule has 5 nitrogen and oxygen atoms in total. The number of hydrogen-bond donors (Lipinski definition) is 0. The summed E-state index contributed by atoms with van der Waals surface area (Å²) in [7, 11) is 3.84. The van der Waals surface area contributed by atoms with Crippen molar-refractivity contribution in [3.05, 3.63) is 22.2 Å². The van der Waals surface area contributed by atoms with Gasteiger partial charge >= 0.3 is 0 Å². The lowest BCUT2D eigenvalue weighted by Gasteiger charge is -2.02. The Bertz CT molecular complexity index is 502. The molecule has 0 bridgehead atoms. The van der Waals surface area contributed by atoms with Crippen LogP contribution in [0.1, 0.15) is 0 Å². The molecule has 0 spiro atoms. The molecule has 0 aliphatic rings. The fourth-order valence-corrected chi connectivity index (χ4v) is 1.72. The van der Waals surface area contributed by atoms with Gasteiger partial charge in [0.2, 0.25) is 0 Å². The normalized spacial score (nSPS) is 11.4. The Morgan fingerprint density at radius 3 is 3.00 bits per heavy atom. The van der Waals surface area contributed by atoms with E-state index in [-0.39, 0.29) is 0 Å². The van der Waals surface area contributed by atoms with E-state index >= 15 is 0 Å². The minimum absolute atomic E-state index is 0.682. The Morgan fingerprint density at radius 1 is 1.47 bits per heavy atom. The van der Waals surface area contributed by atoms with E-state index in [1.165, 1.54) is 6.33 Å². The SMILES string of the molecule is CN(C)C=Nc1ncnn2c(I)ccc12. The predicted molar refractivity (Wildman–Crippen MR) is 67.5 cm³/mol. The highest BCUT2D eigenvalue weighted by Crippen LogP contribution is 2.18. The second-order valence-corrected chi connectivity index (χ2v) is 4.35. The van der Waals surface area contributed by atoms with E-state index in [4.69, 9.17) is 0 Å². The molecule has 0 aromatic carbocycles. The highest BCUT2D eigenvalue weighted by molar-refractivity contribution is 14.1. The first kappa shape index (κ1) is 10.3. The maximum Gasteiger partial charge on any atom is 0.181 e. The lowest BCUT2D eigenvalue weighted by molar-refractivity contribution is 0.643. The molecule has 78 valence electrons. The van der Waals surface area contributed by atoms with Crippen LogP contribution < -0.4 is 0 Å². The Hall–Kier alpha value is -1.18. The summed E-state index contributed by atoms with van der Waals surface area (Å²) in [6.45, 7) is 0. The molecule has 6 heteroatoms. The van der Waals surface area contributed by atoms with Gasteiger partial charge in [-0.15, -0.1) is 0 Å². The smallest absolute Gasteiger partial charge is 0.181 e. The molecule has 0 saturated heterocycles. The van der Waals surface area contributed by atoms with Gasteiger partial charge in [0.25, 0.3) is 0 Å². The van der Waals surface area contributed by atoms with E-state index in [1.54, 1.807) is 6.34 Å². The summed E-state index contributed by atoms with van der Waals surface area (Å²) in [6, 6.07) is 3.95. The first-order chi connectivity index (χ1) is 7.18. The average molecular weight is 315 g/mol. The maximum atomic E-state index is 4.27. The predicted octanol–water partition coefficient (Wildman–Crippen LogP) is 1.56. The van der Waals surface area contributed by atoms with Gasteiger partial charge in [-0.05, 0) is 34.7 Å². The summed E-state index contributed by atoms with van der Waals surface area (Å²) < 4.78 is 2.86. The third-order valence-corrected chi connectivity index (χ3v) is 2.61. The van der Waals surface area contributed by atoms with E-state index in [2.05, 4.69) is 37.7 Å². The Labute approximate surface area is 101 Å². The molecule has 2 aromatic rings. The van der Waals surface area contributed by atoms with Gasteiger partial charge in [-0.1, -0.05) is 0 Å². The monoisotopic (exact) mass is 315 g/mol. The third-order valence-electron chi connectivity index (χ3n) is 1.80. The number of nitrogens with zero attached hydrogens (tertiary/aromatic N) is 5. The van der Waals surface area contributed by atoms with Crippen molar-refractivity contribution in [1.29, 1.82) is 0 Å². The van der Waals surface area contributed by atoms with Gasteiger partial charge in [-0.2, -0.15) is 5.10 Å². The quantitative estimate of drug-likeness (QED) is 0.480. The third kappa shape index (κ3) is 2.09. The van der Waals surface area contributed by atoms with Crippen molar-refractivity contribution in [3.8, 4) is 0 Å². The molecule has 0 atom stereocenters. The molecule has 0 fully saturated rings. The number of fused-ring (bicyclic) bond motifs is 1. The molecule has 2 heterocycles. The van der Waals surface area contributed by atoms with Crippen molar-refractivity contribution < 1.29 is 0 Å². The zero-order valence-electron chi connectivity index (χ0n) is 8.42. The van der Waals surface area contributed by atoms with Gasteiger partial charge < -0.3 is 4.90 Å². The minimum Gasteiger partial charge on any atom is -0.369 e. The average Bonchev–Trinajstić information content (AvgIpc) is 2.58. The molecule has 0 aliphatic carbocycles. The fraction of sp³-hybridized carbons (Fsp3) is 0.222. The zero-order valence-corrected chi connectivity index (χ0v) is 10.6. The lowest BCUT2D eigenvalue weighted by Crippen LogP contribution is -2.07. The number of hydrogen-bond acceptors (Lipinski definition) is 3. The van der Waals surface area contributed by atoms with E-state index in [1.807, 2.05) is 35.6 Å². The van der Waals surface area contributed by atoms with Crippen LogP contribution in [0.2, 0.25) is 0 Å². The van der Waals surface area contributed by atoms with Crippen LogP contribution in [0, 0.1) is 3.70 Å². The summed E-state index contributed by atoms with van der Waals surface area (Å²) in [5.41, 5.74) is 0.917. The van der Waals surface area contributed by atoms with Gasteiger partial charge in [-0.25, -0.2) is 14.5 Å². The second kappa shape index (κ2) is 4.13. The molecular formula is C9H10IN5. The maximum absolute atomic E-state index is 4.27. The molecule has 0 N–H and O–H groups in total. The minimum atomic E-state index is 0.682. The standard InChI is InChI=1S/C9H10IN5/c1-14(2)6-12-9-7-3-4-8(10)15(7)13-5-11-9/h3-6H,1-2H3. The van der Waals surface area contributed by atoms with E-state index < -0.39 is 0 Å². The van der Waals surface area contributed by atoms with Crippen LogP contribution in [-0.2, 0) is 0 Å². The molecule has 0 radical (unpaired) electrons. The summed E-state index contributed by atoms with van der Waals surface area (Å²) in [5.74, 6) is 0.682. The number of aromatic nitrogens is 3. The molecule has 0 unspecified atom stereocenters. The van der Waals surface area contributed by atoms with Crippen LogP contribution in [-0.4, -0.2) is 39.9 Å². The van der Waals surface area contributed by atoms with Gasteiger partial charge in [-0.3, -0.25) is 0 Å². The van der Waals surface area contributed by atoms with Crippen LogP contribution in [0.25, 0.3) is 5.52 Å². The van der Waals surface area contributed by atoms with Gasteiger partial charge in [0.15, 0.2) is 5.82 Å². The van der Waals surface area contributed by atoms with Crippen LogP contribution >= 0.6 is 22.6 Å². The van der Waals surface area contributed by atoms with Crippen LogP contribution in [0.3, 0.4) is 0 Å². The van der Waals surface area contributed by atoms with E-state index in [9.17, 15) is 0 Å². The number of aliphatic imine (C=N–C) groups is 1. The Kier molecular flexibility index (Phi) is 2.85. The van der Waals surface area contributed by atoms with Crippen LogP contribution in [0.5, 0.6) is 0 Å². The molecule has 0 amide bonds. The molecule has 15 heavy (non-hydrogen) atoms. The molecule has 2 rings (SSSR count). The van der Waals surface area contributed by atoms with Crippen molar-refractivity contribution in [1.82, 2.24) is 19.5 Å². The Balaban J connectivity index is 2.52. The van der Waals surface area contributed by atoms with Crippen molar-refractivity contribution in [2.75, 3.05) is 14.1 Å². The summed E-state index contributed by atoms with van der Waals surface area (Å²) in [5, 5.41) is 4.14. The fourth-order valence-electron chi connectivity index (χ4n) is 1.16. The van der Waals surface area contributed by atoms with Crippen molar-refractivity contribution in [3.63, 3.8) is 0 Å².